The maximum atomic E-state index is 12.7. The fourth-order valence-electron chi connectivity index (χ4n) is 3.97. The van der Waals surface area contributed by atoms with Crippen LogP contribution in [0.2, 0.25) is 0 Å². The molecule has 2 aliphatic rings. The lowest BCUT2D eigenvalue weighted by Crippen LogP contribution is -2.44. The van der Waals surface area contributed by atoms with Gasteiger partial charge in [-0.15, -0.1) is 11.3 Å². The normalized spacial score (nSPS) is 19.3. The Morgan fingerprint density at radius 3 is 3.03 bits per heavy atom. The van der Waals surface area contributed by atoms with Gasteiger partial charge in [0.15, 0.2) is 0 Å². The summed E-state index contributed by atoms with van der Waals surface area (Å²) < 4.78 is 11.5. The van der Waals surface area contributed by atoms with E-state index in [1.807, 2.05) is 12.1 Å². The number of carbonyl (C=O) groups excluding carboxylic acids is 3. The number of carbonyl (C=O) groups is 3. The molecule has 2 aliphatic heterocycles. The van der Waals surface area contributed by atoms with E-state index < -0.39 is 6.10 Å². The summed E-state index contributed by atoms with van der Waals surface area (Å²) in [5.41, 5.74) is 0.776. The van der Waals surface area contributed by atoms with Crippen LogP contribution in [-0.2, 0) is 19.1 Å². The molecule has 31 heavy (non-hydrogen) atoms. The Morgan fingerprint density at radius 2 is 2.26 bits per heavy atom. The van der Waals surface area contributed by atoms with Crippen molar-refractivity contribution < 1.29 is 23.9 Å². The van der Waals surface area contributed by atoms with Gasteiger partial charge in [0.1, 0.15) is 22.4 Å². The van der Waals surface area contributed by atoms with Gasteiger partial charge in [-0.3, -0.25) is 14.4 Å². The molecule has 10 heteroatoms. The highest BCUT2D eigenvalue weighted by molar-refractivity contribution is 7.20. The van der Waals surface area contributed by atoms with Gasteiger partial charge in [0.2, 0.25) is 11.8 Å². The number of ether oxygens (including phenoxy) is 2. The third kappa shape index (κ3) is 4.70. The summed E-state index contributed by atoms with van der Waals surface area (Å²) in [4.78, 5) is 46.0. The lowest BCUT2D eigenvalue weighted by Gasteiger charge is -2.33. The van der Waals surface area contributed by atoms with E-state index in [1.54, 1.807) is 23.0 Å². The molecule has 4 rings (SSSR count). The standard InChI is InChI=1S/C21H26N4O5S/c1-22-20(28)19-18(14-4-2-6-23-21(14)31-19)15-12-25(9-11-30-15)17(27)13-29-10-8-24-7-3-5-16(24)26/h2,4,6,15H,3,5,7-13H2,1H3,(H,22,28)/t15-/m1/s1. The number of hydrogen-bond donors (Lipinski definition) is 1. The van der Waals surface area contributed by atoms with Crippen molar-refractivity contribution in [3.8, 4) is 0 Å². The van der Waals surface area contributed by atoms with E-state index in [1.165, 1.54) is 11.3 Å². The molecule has 1 N–H and O–H groups in total. The Balaban J connectivity index is 1.40. The zero-order chi connectivity index (χ0) is 21.8. The van der Waals surface area contributed by atoms with Crippen LogP contribution in [0.3, 0.4) is 0 Å². The molecule has 0 saturated carbocycles. The average molecular weight is 447 g/mol. The number of fused-ring (bicyclic) bond motifs is 1. The van der Waals surface area contributed by atoms with Crippen molar-refractivity contribution in [2.45, 2.75) is 18.9 Å². The first-order chi connectivity index (χ1) is 15.1. The molecule has 0 aromatic carbocycles. The van der Waals surface area contributed by atoms with Gasteiger partial charge < -0.3 is 24.6 Å². The zero-order valence-electron chi connectivity index (χ0n) is 17.5. The highest BCUT2D eigenvalue weighted by Crippen LogP contribution is 2.37. The van der Waals surface area contributed by atoms with Gasteiger partial charge in [-0.2, -0.15) is 0 Å². The van der Waals surface area contributed by atoms with Crippen molar-refractivity contribution in [3.05, 3.63) is 28.8 Å². The molecule has 0 aliphatic carbocycles. The van der Waals surface area contributed by atoms with Gasteiger partial charge in [-0.25, -0.2) is 4.98 Å². The van der Waals surface area contributed by atoms with Gasteiger partial charge in [-0.05, 0) is 12.5 Å². The molecule has 166 valence electrons. The number of morpholine rings is 1. The smallest absolute Gasteiger partial charge is 0.261 e. The summed E-state index contributed by atoms with van der Waals surface area (Å²) in [5, 5.41) is 3.55. The largest absolute Gasteiger partial charge is 0.370 e. The molecule has 9 nitrogen and oxygen atoms in total. The third-order valence-electron chi connectivity index (χ3n) is 5.58. The second kappa shape index (κ2) is 9.71. The van der Waals surface area contributed by atoms with Crippen LogP contribution in [0.25, 0.3) is 10.2 Å². The molecule has 2 fully saturated rings. The number of aromatic nitrogens is 1. The van der Waals surface area contributed by atoms with Crippen LogP contribution in [-0.4, -0.2) is 85.6 Å². The third-order valence-corrected chi connectivity index (χ3v) is 6.71. The lowest BCUT2D eigenvalue weighted by molar-refractivity contribution is -0.144. The van der Waals surface area contributed by atoms with Crippen molar-refractivity contribution in [2.24, 2.45) is 0 Å². The summed E-state index contributed by atoms with van der Waals surface area (Å²) in [7, 11) is 1.59. The molecule has 1 atom stereocenters. The zero-order valence-corrected chi connectivity index (χ0v) is 18.3. The first-order valence-electron chi connectivity index (χ1n) is 10.4. The van der Waals surface area contributed by atoms with Crippen LogP contribution in [0, 0.1) is 0 Å². The number of amides is 3. The highest BCUT2D eigenvalue weighted by atomic mass is 32.1. The first kappa shape index (κ1) is 21.7. The van der Waals surface area contributed by atoms with Crippen LogP contribution < -0.4 is 5.32 Å². The number of nitrogens with one attached hydrogen (secondary N) is 1. The molecule has 2 aromatic rings. The van der Waals surface area contributed by atoms with Crippen molar-refractivity contribution in [1.82, 2.24) is 20.1 Å². The minimum absolute atomic E-state index is 0.0387. The lowest BCUT2D eigenvalue weighted by atomic mass is 10.0. The Hall–Kier alpha value is -2.56. The second-order valence-corrected chi connectivity index (χ2v) is 8.52. The molecule has 0 radical (unpaired) electrons. The SMILES string of the molecule is CNC(=O)c1sc2ncccc2c1[C@H]1CN(C(=O)COCCN2CCCC2=O)CCO1. The monoisotopic (exact) mass is 446 g/mol. The van der Waals surface area contributed by atoms with Gasteiger partial charge in [0, 0.05) is 50.2 Å². The number of likely N-dealkylation sites (tertiary alicyclic amines) is 1. The van der Waals surface area contributed by atoms with Crippen molar-refractivity contribution >= 4 is 39.3 Å². The van der Waals surface area contributed by atoms with Crippen molar-refractivity contribution in [1.29, 1.82) is 0 Å². The minimum Gasteiger partial charge on any atom is -0.370 e. The Bertz CT molecular complexity index is 978. The van der Waals surface area contributed by atoms with E-state index in [0.717, 1.165) is 28.7 Å². The molecule has 0 bridgehead atoms. The quantitative estimate of drug-likeness (QED) is 0.642. The van der Waals surface area contributed by atoms with E-state index in [9.17, 15) is 14.4 Å². The van der Waals surface area contributed by atoms with Gasteiger partial charge in [0.05, 0.1) is 19.8 Å². The van der Waals surface area contributed by atoms with Gasteiger partial charge >= 0.3 is 0 Å². The number of hydrogen-bond acceptors (Lipinski definition) is 7. The maximum Gasteiger partial charge on any atom is 0.261 e. The molecule has 4 heterocycles. The second-order valence-electron chi connectivity index (χ2n) is 7.52. The fraction of sp³-hybridized carbons (Fsp3) is 0.524. The first-order valence-corrected chi connectivity index (χ1v) is 11.2. The van der Waals surface area contributed by atoms with E-state index in [2.05, 4.69) is 10.3 Å². The number of thiophene rings is 1. The summed E-state index contributed by atoms with van der Waals surface area (Å²) in [6.07, 6.45) is 2.77. The van der Waals surface area contributed by atoms with Crippen LogP contribution >= 0.6 is 11.3 Å². The average Bonchev–Trinajstić information content (AvgIpc) is 3.39. The van der Waals surface area contributed by atoms with Crippen LogP contribution in [0.1, 0.15) is 34.2 Å². The van der Waals surface area contributed by atoms with Crippen LogP contribution in [0.4, 0.5) is 0 Å². The summed E-state index contributed by atoms with van der Waals surface area (Å²) in [5.74, 6) is -0.166. The Kier molecular flexibility index (Phi) is 6.79. The van der Waals surface area contributed by atoms with E-state index in [4.69, 9.17) is 9.47 Å². The van der Waals surface area contributed by atoms with Crippen LogP contribution in [0.5, 0.6) is 0 Å². The molecule has 0 unspecified atom stereocenters. The van der Waals surface area contributed by atoms with E-state index in [-0.39, 0.29) is 24.3 Å². The predicted molar refractivity (Wildman–Crippen MR) is 115 cm³/mol. The van der Waals surface area contributed by atoms with Crippen LogP contribution in [0.15, 0.2) is 18.3 Å². The predicted octanol–water partition coefficient (Wildman–Crippen LogP) is 1.19. The van der Waals surface area contributed by atoms with Gasteiger partial charge in [0.25, 0.3) is 5.91 Å². The summed E-state index contributed by atoms with van der Waals surface area (Å²) in [6.45, 7) is 2.77. The number of rotatable bonds is 7. The number of pyridine rings is 1. The molecule has 2 saturated heterocycles. The Morgan fingerprint density at radius 1 is 1.39 bits per heavy atom. The van der Waals surface area contributed by atoms with E-state index >= 15 is 0 Å². The molecular formula is C21H26N4O5S. The highest BCUT2D eigenvalue weighted by Gasteiger charge is 2.31. The number of nitrogens with zero attached hydrogens (tertiary/aromatic N) is 3. The fourth-order valence-corrected chi connectivity index (χ4v) is 5.11. The summed E-state index contributed by atoms with van der Waals surface area (Å²) >= 11 is 1.33. The topological polar surface area (TPSA) is 101 Å². The van der Waals surface area contributed by atoms with Crippen molar-refractivity contribution in [3.63, 3.8) is 0 Å². The summed E-state index contributed by atoms with van der Waals surface area (Å²) in [6, 6.07) is 3.75. The maximum absolute atomic E-state index is 12.7. The molecule has 0 spiro atoms. The van der Waals surface area contributed by atoms with E-state index in [0.29, 0.717) is 44.1 Å². The van der Waals surface area contributed by atoms with Gasteiger partial charge in [-0.1, -0.05) is 6.07 Å². The molecule has 3 amide bonds. The Labute approximate surface area is 184 Å². The molecular weight excluding hydrogens is 420 g/mol. The van der Waals surface area contributed by atoms with Crippen molar-refractivity contribution in [2.75, 3.05) is 53.0 Å². The molecule has 2 aromatic heterocycles. The minimum atomic E-state index is -0.412.